The number of rotatable bonds is 61. The fourth-order valence-corrected chi connectivity index (χ4v) is 9.41. The summed E-state index contributed by atoms with van der Waals surface area (Å²) in [4.78, 5) is 38.4. The summed E-state index contributed by atoms with van der Waals surface area (Å²) in [5.41, 5.74) is 0. The van der Waals surface area contributed by atoms with Crippen LogP contribution in [0.5, 0.6) is 0 Å². The van der Waals surface area contributed by atoms with E-state index in [-0.39, 0.29) is 31.1 Å². The molecule has 0 saturated heterocycles. The molecule has 6 nitrogen and oxygen atoms in total. The average Bonchev–Trinajstić information content (AvgIpc) is 3.46. The summed E-state index contributed by atoms with van der Waals surface area (Å²) in [5.74, 6) is -0.893. The van der Waals surface area contributed by atoms with Crippen LogP contribution in [0, 0.1) is 0 Å². The van der Waals surface area contributed by atoms with Crippen molar-refractivity contribution in [3.05, 3.63) is 109 Å². The van der Waals surface area contributed by atoms with Gasteiger partial charge < -0.3 is 14.2 Å². The molecule has 0 aliphatic carbocycles. The zero-order valence-corrected chi connectivity index (χ0v) is 52.6. The summed E-state index contributed by atoms with van der Waals surface area (Å²) in [5, 5.41) is 0. The number of carbonyl (C=O) groups excluding carboxylic acids is 3. The van der Waals surface area contributed by atoms with E-state index >= 15 is 0 Å². The second kappa shape index (κ2) is 67.6. The Hall–Kier alpha value is -3.93. The van der Waals surface area contributed by atoms with Gasteiger partial charge in [-0.15, -0.1) is 0 Å². The Bertz CT molecular complexity index is 1610. The molecule has 0 fully saturated rings. The number of allylic oxidation sites excluding steroid dienone is 18. The highest BCUT2D eigenvalue weighted by molar-refractivity contribution is 5.71. The minimum absolute atomic E-state index is 0.0845. The quantitative estimate of drug-likeness (QED) is 0.0261. The summed E-state index contributed by atoms with van der Waals surface area (Å²) < 4.78 is 16.9. The standard InChI is InChI=1S/C74H126O6/c1-4-7-10-13-16-19-22-25-28-30-31-32-33-34-35-36-37-38-39-40-41-42-43-45-46-49-52-55-58-61-64-67-73(76)79-70-71(69-78-72(75)66-63-60-57-54-51-48-27-24-21-18-15-12-9-6-3)80-74(77)68-65-62-59-56-53-50-47-44-29-26-23-20-17-14-11-8-5-2/h7,10,16,19,24-29,31-32,34-35,37-38,40-41,71H,4-6,8-9,11-15,17-18,20-23,30,33,36,39,42-70H2,1-3H3/b10-7-,19-16-,27-24-,28-25-,29-26-,32-31-,35-34-,38-37-,41-40-. The molecule has 0 rings (SSSR count). The van der Waals surface area contributed by atoms with Crippen molar-refractivity contribution in [3.63, 3.8) is 0 Å². The van der Waals surface area contributed by atoms with E-state index in [1.54, 1.807) is 0 Å². The number of unbranched alkanes of at least 4 members (excludes halogenated alkanes) is 32. The first-order chi connectivity index (χ1) is 39.5. The molecule has 0 saturated carbocycles. The van der Waals surface area contributed by atoms with E-state index in [0.717, 1.165) is 116 Å². The lowest BCUT2D eigenvalue weighted by atomic mass is 10.1. The third kappa shape index (κ3) is 64.9. The number of esters is 3. The predicted octanol–water partition coefficient (Wildman–Crippen LogP) is 23.4. The largest absolute Gasteiger partial charge is 0.462 e. The van der Waals surface area contributed by atoms with E-state index in [9.17, 15) is 14.4 Å². The lowest BCUT2D eigenvalue weighted by molar-refractivity contribution is -0.167. The lowest BCUT2D eigenvalue weighted by Crippen LogP contribution is -2.30. The summed E-state index contributed by atoms with van der Waals surface area (Å²) >= 11 is 0. The summed E-state index contributed by atoms with van der Waals surface area (Å²) in [6, 6.07) is 0. The van der Waals surface area contributed by atoms with Gasteiger partial charge in [0.2, 0.25) is 0 Å². The second-order valence-corrected chi connectivity index (χ2v) is 22.3. The van der Waals surface area contributed by atoms with Crippen LogP contribution in [-0.2, 0) is 28.6 Å². The monoisotopic (exact) mass is 1110 g/mol. The Morgan fingerprint density at radius 1 is 0.263 bits per heavy atom. The molecule has 0 radical (unpaired) electrons. The normalized spacial score (nSPS) is 12.8. The molecule has 0 bridgehead atoms. The number of hydrogen-bond donors (Lipinski definition) is 0. The van der Waals surface area contributed by atoms with Crippen LogP contribution in [-0.4, -0.2) is 37.2 Å². The van der Waals surface area contributed by atoms with Crippen LogP contribution in [0.15, 0.2) is 109 Å². The summed E-state index contributed by atoms with van der Waals surface area (Å²) in [7, 11) is 0. The van der Waals surface area contributed by atoms with Gasteiger partial charge in [-0.05, 0) is 128 Å². The number of carbonyl (C=O) groups is 3. The van der Waals surface area contributed by atoms with E-state index in [2.05, 4.69) is 130 Å². The maximum Gasteiger partial charge on any atom is 0.306 e. The minimum atomic E-state index is -0.788. The predicted molar refractivity (Wildman–Crippen MR) is 348 cm³/mol. The molecule has 6 heteroatoms. The van der Waals surface area contributed by atoms with E-state index in [4.69, 9.17) is 14.2 Å². The van der Waals surface area contributed by atoms with Crippen LogP contribution in [0.1, 0.15) is 323 Å². The Morgan fingerprint density at radius 3 is 0.775 bits per heavy atom. The molecule has 0 aliphatic heterocycles. The molecule has 458 valence electrons. The Morgan fingerprint density at radius 2 is 0.487 bits per heavy atom. The van der Waals surface area contributed by atoms with Gasteiger partial charge in [0.05, 0.1) is 0 Å². The first-order valence-corrected chi connectivity index (χ1v) is 33.9. The molecular formula is C74H126O6. The highest BCUT2D eigenvalue weighted by Gasteiger charge is 2.19. The van der Waals surface area contributed by atoms with E-state index in [0.29, 0.717) is 19.3 Å². The first-order valence-electron chi connectivity index (χ1n) is 33.9. The van der Waals surface area contributed by atoms with Crippen molar-refractivity contribution in [1.82, 2.24) is 0 Å². The lowest BCUT2D eigenvalue weighted by Gasteiger charge is -2.18. The van der Waals surface area contributed by atoms with Crippen LogP contribution in [0.3, 0.4) is 0 Å². The van der Waals surface area contributed by atoms with E-state index in [1.165, 1.54) is 167 Å². The number of hydrogen-bond acceptors (Lipinski definition) is 6. The van der Waals surface area contributed by atoms with Crippen molar-refractivity contribution in [2.24, 2.45) is 0 Å². The SMILES string of the molecule is CC/C=C\C/C=C\C/C=C\C/C=C\C/C=C\C/C=C\C/C=C\CCCCCCCCCCCC(=O)OCC(COC(=O)CCCCCCC/C=C\CCCCCCC)OC(=O)CCCCCCCCC/C=C\CCCCCCCC. The Labute approximate surface area is 495 Å². The molecule has 0 aromatic carbocycles. The van der Waals surface area contributed by atoms with Crippen molar-refractivity contribution in [1.29, 1.82) is 0 Å². The minimum Gasteiger partial charge on any atom is -0.462 e. The van der Waals surface area contributed by atoms with Gasteiger partial charge in [0.1, 0.15) is 13.2 Å². The molecule has 0 spiro atoms. The van der Waals surface area contributed by atoms with Crippen molar-refractivity contribution in [3.8, 4) is 0 Å². The smallest absolute Gasteiger partial charge is 0.306 e. The molecule has 80 heavy (non-hydrogen) atoms. The number of ether oxygens (including phenoxy) is 3. The van der Waals surface area contributed by atoms with E-state index < -0.39 is 6.10 Å². The average molecular weight is 1110 g/mol. The second-order valence-electron chi connectivity index (χ2n) is 22.3. The Kier molecular flexibility index (Phi) is 64.3. The molecule has 0 heterocycles. The van der Waals surface area contributed by atoms with Crippen LogP contribution >= 0.6 is 0 Å². The molecule has 0 aromatic heterocycles. The van der Waals surface area contributed by atoms with Crippen molar-refractivity contribution >= 4 is 17.9 Å². The van der Waals surface area contributed by atoms with Crippen LogP contribution < -0.4 is 0 Å². The third-order valence-corrected chi connectivity index (χ3v) is 14.5. The molecule has 1 unspecified atom stereocenters. The van der Waals surface area contributed by atoms with Crippen molar-refractivity contribution < 1.29 is 28.6 Å². The van der Waals surface area contributed by atoms with Gasteiger partial charge in [0.25, 0.3) is 0 Å². The summed E-state index contributed by atoms with van der Waals surface area (Å²) in [6.07, 6.45) is 92.4. The molecule has 0 aliphatic rings. The van der Waals surface area contributed by atoms with Gasteiger partial charge in [-0.25, -0.2) is 0 Å². The maximum absolute atomic E-state index is 12.9. The van der Waals surface area contributed by atoms with Crippen LogP contribution in [0.25, 0.3) is 0 Å². The molecule has 0 N–H and O–H groups in total. The van der Waals surface area contributed by atoms with Gasteiger partial charge in [0.15, 0.2) is 6.10 Å². The fourth-order valence-electron chi connectivity index (χ4n) is 9.41. The molecular weight excluding hydrogens is 985 g/mol. The van der Waals surface area contributed by atoms with Crippen molar-refractivity contribution in [2.75, 3.05) is 13.2 Å². The van der Waals surface area contributed by atoms with Crippen molar-refractivity contribution in [2.45, 2.75) is 329 Å². The Balaban J connectivity index is 4.30. The van der Waals surface area contributed by atoms with Crippen LogP contribution in [0.2, 0.25) is 0 Å². The molecule has 0 amide bonds. The van der Waals surface area contributed by atoms with Gasteiger partial charge in [0, 0.05) is 19.3 Å². The van der Waals surface area contributed by atoms with Gasteiger partial charge in [-0.2, -0.15) is 0 Å². The zero-order chi connectivity index (χ0) is 57.8. The molecule has 0 aromatic rings. The van der Waals surface area contributed by atoms with E-state index in [1.807, 2.05) is 0 Å². The van der Waals surface area contributed by atoms with Gasteiger partial charge >= 0.3 is 17.9 Å². The summed E-state index contributed by atoms with van der Waals surface area (Å²) in [6.45, 7) is 6.52. The maximum atomic E-state index is 12.9. The van der Waals surface area contributed by atoms with Gasteiger partial charge in [-0.3, -0.25) is 14.4 Å². The first kappa shape index (κ1) is 76.1. The fraction of sp³-hybridized carbons (Fsp3) is 0.716. The third-order valence-electron chi connectivity index (χ3n) is 14.5. The van der Waals surface area contributed by atoms with Crippen LogP contribution in [0.4, 0.5) is 0 Å². The molecule has 1 atom stereocenters. The van der Waals surface area contributed by atoms with Gasteiger partial charge in [-0.1, -0.05) is 284 Å². The highest BCUT2D eigenvalue weighted by atomic mass is 16.6. The highest BCUT2D eigenvalue weighted by Crippen LogP contribution is 2.16. The zero-order valence-electron chi connectivity index (χ0n) is 52.6. The topological polar surface area (TPSA) is 78.9 Å².